The van der Waals surface area contributed by atoms with E-state index in [2.05, 4.69) is 5.32 Å². The quantitative estimate of drug-likeness (QED) is 0.228. The molecule has 1 atom stereocenters. The molecule has 4 aromatic carbocycles. The standard InChI is InChI=1S/C31H25ClF3NO4/c1-39-28-16-11-23(22-7-12-24(13-8-22)31(33,34)35)18-26(28)29(37)36-27(30(38)40-2)17-19-3-5-20(6-4-19)21-9-14-25(32)15-10-21/h3-16,18,27H,17H2,1-2H3,(H,36,37). The van der Waals surface area contributed by atoms with Crippen molar-refractivity contribution in [2.75, 3.05) is 14.2 Å². The molecule has 0 radical (unpaired) electrons. The molecular formula is C31H25ClF3NO4. The normalized spacial score (nSPS) is 11.9. The fourth-order valence-electron chi connectivity index (χ4n) is 4.20. The van der Waals surface area contributed by atoms with Crippen LogP contribution >= 0.6 is 11.6 Å². The fourth-order valence-corrected chi connectivity index (χ4v) is 4.33. The zero-order chi connectivity index (χ0) is 28.9. The van der Waals surface area contributed by atoms with Crippen molar-refractivity contribution in [2.24, 2.45) is 0 Å². The molecule has 0 aromatic heterocycles. The molecule has 1 N–H and O–H groups in total. The minimum Gasteiger partial charge on any atom is -0.496 e. The Morgan fingerprint density at radius 3 is 1.88 bits per heavy atom. The van der Waals surface area contributed by atoms with E-state index in [4.69, 9.17) is 21.1 Å². The smallest absolute Gasteiger partial charge is 0.416 e. The third-order valence-electron chi connectivity index (χ3n) is 6.35. The van der Waals surface area contributed by atoms with E-state index in [1.54, 1.807) is 24.3 Å². The van der Waals surface area contributed by atoms with Crippen molar-refractivity contribution in [1.29, 1.82) is 0 Å². The third-order valence-corrected chi connectivity index (χ3v) is 6.60. The Morgan fingerprint density at radius 1 is 0.800 bits per heavy atom. The van der Waals surface area contributed by atoms with E-state index in [0.717, 1.165) is 28.8 Å². The Hall–Kier alpha value is -4.30. The number of alkyl halides is 3. The van der Waals surface area contributed by atoms with Gasteiger partial charge in [0, 0.05) is 11.4 Å². The van der Waals surface area contributed by atoms with Gasteiger partial charge in [-0.05, 0) is 64.2 Å². The van der Waals surface area contributed by atoms with Crippen molar-refractivity contribution >= 4 is 23.5 Å². The maximum atomic E-state index is 13.3. The molecule has 0 bridgehead atoms. The van der Waals surface area contributed by atoms with Crippen molar-refractivity contribution in [3.05, 3.63) is 113 Å². The second-order valence-electron chi connectivity index (χ2n) is 8.95. The van der Waals surface area contributed by atoms with E-state index in [1.807, 2.05) is 36.4 Å². The van der Waals surface area contributed by atoms with Gasteiger partial charge in [0.1, 0.15) is 11.8 Å². The Bertz CT molecular complexity index is 1490. The SMILES string of the molecule is COC(=O)C(Cc1ccc(-c2ccc(Cl)cc2)cc1)NC(=O)c1cc(-c2ccc(C(F)(F)F)cc2)ccc1OC. The highest BCUT2D eigenvalue weighted by atomic mass is 35.5. The number of benzene rings is 4. The van der Waals surface area contributed by atoms with Crippen molar-refractivity contribution in [1.82, 2.24) is 5.32 Å². The maximum Gasteiger partial charge on any atom is 0.416 e. The number of carbonyl (C=O) groups excluding carboxylic acids is 2. The van der Waals surface area contributed by atoms with Crippen molar-refractivity contribution < 1.29 is 32.2 Å². The Morgan fingerprint density at radius 2 is 1.32 bits per heavy atom. The second kappa shape index (κ2) is 12.3. The molecule has 40 heavy (non-hydrogen) atoms. The summed E-state index contributed by atoms with van der Waals surface area (Å²) >= 11 is 5.97. The molecule has 5 nitrogen and oxygen atoms in total. The van der Waals surface area contributed by atoms with Gasteiger partial charge in [-0.15, -0.1) is 0 Å². The molecule has 4 aromatic rings. The van der Waals surface area contributed by atoms with Gasteiger partial charge < -0.3 is 14.8 Å². The van der Waals surface area contributed by atoms with Gasteiger partial charge in [-0.2, -0.15) is 13.2 Å². The number of esters is 1. The van der Waals surface area contributed by atoms with Gasteiger partial charge >= 0.3 is 12.1 Å². The van der Waals surface area contributed by atoms with Crippen LogP contribution in [0.1, 0.15) is 21.5 Å². The molecule has 0 aliphatic carbocycles. The summed E-state index contributed by atoms with van der Waals surface area (Å²) in [6, 6.07) is 23.2. The van der Waals surface area contributed by atoms with Crippen LogP contribution in [0.3, 0.4) is 0 Å². The molecule has 0 aliphatic heterocycles. The Kier molecular flexibility index (Phi) is 8.80. The maximum absolute atomic E-state index is 13.3. The van der Waals surface area contributed by atoms with Crippen LogP contribution in [-0.4, -0.2) is 32.1 Å². The average Bonchev–Trinajstić information content (AvgIpc) is 2.96. The summed E-state index contributed by atoms with van der Waals surface area (Å²) in [6.07, 6.45) is -4.29. The minimum absolute atomic E-state index is 0.117. The van der Waals surface area contributed by atoms with E-state index in [9.17, 15) is 22.8 Å². The van der Waals surface area contributed by atoms with E-state index in [0.29, 0.717) is 16.1 Å². The lowest BCUT2D eigenvalue weighted by Gasteiger charge is -2.18. The first-order valence-corrected chi connectivity index (χ1v) is 12.6. The molecule has 4 rings (SSSR count). The van der Waals surface area contributed by atoms with Crippen molar-refractivity contribution in [3.63, 3.8) is 0 Å². The van der Waals surface area contributed by atoms with Gasteiger partial charge in [-0.1, -0.05) is 66.2 Å². The summed E-state index contributed by atoms with van der Waals surface area (Å²) in [5.41, 5.74) is 3.07. The Labute approximate surface area is 234 Å². The molecule has 1 amide bonds. The van der Waals surface area contributed by atoms with Crippen molar-refractivity contribution in [3.8, 4) is 28.0 Å². The van der Waals surface area contributed by atoms with Crippen LogP contribution in [0.2, 0.25) is 5.02 Å². The van der Waals surface area contributed by atoms with Crippen LogP contribution in [0.15, 0.2) is 91.0 Å². The predicted octanol–water partition coefficient (Wildman–Crippen LogP) is 7.22. The number of hydrogen-bond donors (Lipinski definition) is 1. The number of carbonyl (C=O) groups is 2. The summed E-state index contributed by atoms with van der Waals surface area (Å²) in [4.78, 5) is 25.9. The van der Waals surface area contributed by atoms with E-state index in [1.165, 1.54) is 32.4 Å². The van der Waals surface area contributed by atoms with Crippen molar-refractivity contribution in [2.45, 2.75) is 18.6 Å². The number of rotatable bonds is 8. The summed E-state index contributed by atoms with van der Waals surface area (Å²) in [5, 5.41) is 3.35. The van der Waals surface area contributed by atoms with Crippen LogP contribution in [-0.2, 0) is 22.1 Å². The molecule has 1 unspecified atom stereocenters. The molecular weight excluding hydrogens is 543 g/mol. The lowest BCUT2D eigenvalue weighted by molar-refractivity contribution is -0.143. The third kappa shape index (κ3) is 6.82. The lowest BCUT2D eigenvalue weighted by Crippen LogP contribution is -2.43. The van der Waals surface area contributed by atoms with Gasteiger partial charge in [-0.3, -0.25) is 4.79 Å². The zero-order valence-corrected chi connectivity index (χ0v) is 22.3. The molecule has 9 heteroatoms. The summed E-state index contributed by atoms with van der Waals surface area (Å²) in [5.74, 6) is -0.990. The molecule has 0 aliphatic rings. The highest BCUT2D eigenvalue weighted by molar-refractivity contribution is 6.30. The van der Waals surface area contributed by atoms with Crippen LogP contribution in [0.5, 0.6) is 5.75 Å². The number of methoxy groups -OCH3 is 2. The van der Waals surface area contributed by atoms with Gasteiger partial charge in [0.15, 0.2) is 0 Å². The van der Waals surface area contributed by atoms with Gasteiger partial charge in [0.05, 0.1) is 25.3 Å². The zero-order valence-electron chi connectivity index (χ0n) is 21.6. The molecule has 0 fully saturated rings. The van der Waals surface area contributed by atoms with Crippen LogP contribution in [0.4, 0.5) is 13.2 Å². The van der Waals surface area contributed by atoms with Gasteiger partial charge in [0.2, 0.25) is 0 Å². The van der Waals surface area contributed by atoms with Crippen LogP contribution < -0.4 is 10.1 Å². The molecule has 0 spiro atoms. The second-order valence-corrected chi connectivity index (χ2v) is 9.38. The highest BCUT2D eigenvalue weighted by Gasteiger charge is 2.30. The van der Waals surface area contributed by atoms with E-state index in [-0.39, 0.29) is 17.7 Å². The van der Waals surface area contributed by atoms with E-state index < -0.39 is 29.7 Å². The fraction of sp³-hybridized carbons (Fsp3) is 0.161. The highest BCUT2D eigenvalue weighted by Crippen LogP contribution is 2.32. The molecule has 206 valence electrons. The van der Waals surface area contributed by atoms with Crippen LogP contribution in [0.25, 0.3) is 22.3 Å². The molecule has 0 heterocycles. The first kappa shape index (κ1) is 28.7. The number of ether oxygens (including phenoxy) is 2. The molecule has 0 saturated carbocycles. The van der Waals surface area contributed by atoms with Gasteiger partial charge in [-0.25, -0.2) is 4.79 Å². The topological polar surface area (TPSA) is 64.6 Å². The number of hydrogen-bond acceptors (Lipinski definition) is 4. The Balaban J connectivity index is 1.55. The number of nitrogens with one attached hydrogen (secondary N) is 1. The first-order valence-electron chi connectivity index (χ1n) is 12.2. The van der Waals surface area contributed by atoms with Crippen LogP contribution in [0, 0.1) is 0 Å². The van der Waals surface area contributed by atoms with E-state index >= 15 is 0 Å². The average molecular weight is 568 g/mol. The monoisotopic (exact) mass is 567 g/mol. The predicted molar refractivity (Wildman–Crippen MR) is 147 cm³/mol. The lowest BCUT2D eigenvalue weighted by atomic mass is 9.99. The van der Waals surface area contributed by atoms with Gasteiger partial charge in [0.25, 0.3) is 5.91 Å². The summed E-state index contributed by atoms with van der Waals surface area (Å²) < 4.78 is 49.1. The number of amides is 1. The summed E-state index contributed by atoms with van der Waals surface area (Å²) in [6.45, 7) is 0. The molecule has 0 saturated heterocycles. The minimum atomic E-state index is -4.46. The number of halogens is 4. The first-order chi connectivity index (χ1) is 19.1. The summed E-state index contributed by atoms with van der Waals surface area (Å²) in [7, 11) is 2.63. The largest absolute Gasteiger partial charge is 0.496 e.